The van der Waals surface area contributed by atoms with Crippen molar-refractivity contribution in [3.05, 3.63) is 88.9 Å². The molecule has 7 nitrogen and oxygen atoms in total. The zero-order valence-corrected chi connectivity index (χ0v) is 21.7. The second-order valence-corrected chi connectivity index (χ2v) is 11.4. The van der Waals surface area contributed by atoms with E-state index in [1.54, 1.807) is 24.4 Å². The monoisotopic (exact) mass is 522 g/mol. The smallest absolute Gasteiger partial charge is 0.328 e. The molecular formula is C27H26N2O5S2. The molecule has 0 unspecified atom stereocenters. The molecule has 9 heteroatoms. The van der Waals surface area contributed by atoms with Crippen LogP contribution in [0.15, 0.2) is 76.5 Å². The molecule has 1 aromatic heterocycles. The molecule has 4 rings (SSSR count). The van der Waals surface area contributed by atoms with E-state index in [4.69, 9.17) is 9.84 Å². The van der Waals surface area contributed by atoms with Gasteiger partial charge in [-0.3, -0.25) is 4.31 Å². The van der Waals surface area contributed by atoms with Gasteiger partial charge in [0.05, 0.1) is 5.69 Å². The molecule has 0 bridgehead atoms. The van der Waals surface area contributed by atoms with Crippen LogP contribution in [0, 0.1) is 6.92 Å². The third-order valence-electron chi connectivity index (χ3n) is 5.40. The summed E-state index contributed by atoms with van der Waals surface area (Å²) in [4.78, 5) is 15.0. The third-order valence-corrected chi connectivity index (χ3v) is 8.74. The Hall–Kier alpha value is -3.69. The second kappa shape index (κ2) is 10.5. The van der Waals surface area contributed by atoms with Crippen LogP contribution in [-0.2, 0) is 21.4 Å². The van der Waals surface area contributed by atoms with Crippen LogP contribution in [0.5, 0.6) is 5.75 Å². The third kappa shape index (κ3) is 5.58. The van der Waals surface area contributed by atoms with Crippen molar-refractivity contribution in [2.75, 3.05) is 4.31 Å². The largest absolute Gasteiger partial charge is 0.487 e. The highest BCUT2D eigenvalue weighted by Crippen LogP contribution is 2.38. The van der Waals surface area contributed by atoms with Gasteiger partial charge < -0.3 is 9.84 Å². The maximum atomic E-state index is 13.7. The average molecular weight is 523 g/mol. The van der Waals surface area contributed by atoms with Crippen molar-refractivity contribution >= 4 is 49.9 Å². The van der Waals surface area contributed by atoms with Gasteiger partial charge in [-0.15, -0.1) is 11.3 Å². The van der Waals surface area contributed by atoms with Crippen LogP contribution in [0.25, 0.3) is 16.8 Å². The van der Waals surface area contributed by atoms with Gasteiger partial charge in [0, 0.05) is 23.2 Å². The fourth-order valence-corrected chi connectivity index (χ4v) is 6.55. The van der Waals surface area contributed by atoms with Gasteiger partial charge in [-0.05, 0) is 60.9 Å². The number of carbonyl (C=O) groups is 1. The normalized spacial score (nSPS) is 11.9. The van der Waals surface area contributed by atoms with E-state index in [0.29, 0.717) is 17.1 Å². The summed E-state index contributed by atoms with van der Waals surface area (Å²) in [7, 11) is -3.92. The average Bonchev–Trinajstić information content (AvgIpc) is 3.29. The van der Waals surface area contributed by atoms with Gasteiger partial charge in [-0.1, -0.05) is 48.5 Å². The Kier molecular flexibility index (Phi) is 7.42. The van der Waals surface area contributed by atoms with Gasteiger partial charge in [-0.25, -0.2) is 9.78 Å². The predicted molar refractivity (Wildman–Crippen MR) is 143 cm³/mol. The highest BCUT2D eigenvalue weighted by atomic mass is 32.2. The number of aliphatic carboxylic acids is 1. The lowest BCUT2D eigenvalue weighted by Crippen LogP contribution is -2.37. The highest BCUT2D eigenvalue weighted by Gasteiger charge is 2.32. The van der Waals surface area contributed by atoms with E-state index in [1.165, 1.54) is 10.4 Å². The molecule has 0 aliphatic carbocycles. The van der Waals surface area contributed by atoms with Crippen molar-refractivity contribution in [2.45, 2.75) is 37.8 Å². The molecule has 3 aromatic carbocycles. The topological polar surface area (TPSA) is 96.8 Å². The molecule has 0 spiro atoms. The number of carboxylic acid groups (broad SMARTS) is 1. The summed E-state index contributed by atoms with van der Waals surface area (Å²) < 4.78 is 34.9. The molecule has 0 aliphatic heterocycles. The minimum absolute atomic E-state index is 0.0396. The lowest BCUT2D eigenvalue weighted by Gasteiger charge is -2.29. The summed E-state index contributed by atoms with van der Waals surface area (Å²) in [6.45, 7) is 5.61. The van der Waals surface area contributed by atoms with Gasteiger partial charge >= 0.3 is 5.97 Å². The standard InChI is InChI=1S/C27H26N2O5S2/c1-18(2)29(36(32,33)27-28-19(3)17-35-27)24-14-22-6-4-5-7-23(22)15-25(24)34-16-21-10-8-20(9-11-21)12-13-26(30)31/h4-15,17-18H,16H2,1-3H3,(H,30,31)/b13-12+. The zero-order valence-electron chi connectivity index (χ0n) is 20.1. The minimum Gasteiger partial charge on any atom is -0.487 e. The van der Waals surface area contributed by atoms with Crippen molar-refractivity contribution in [3.8, 4) is 5.75 Å². The zero-order chi connectivity index (χ0) is 25.9. The Balaban J connectivity index is 1.72. The molecule has 4 aromatic rings. The summed E-state index contributed by atoms with van der Waals surface area (Å²) in [6, 6.07) is 18.3. The fourth-order valence-electron chi connectivity index (χ4n) is 3.77. The van der Waals surface area contributed by atoms with Gasteiger partial charge in [0.15, 0.2) is 0 Å². The minimum atomic E-state index is -3.92. The molecule has 186 valence electrons. The number of nitrogens with zero attached hydrogens (tertiary/aromatic N) is 2. The first-order valence-electron chi connectivity index (χ1n) is 11.3. The van der Waals surface area contributed by atoms with E-state index >= 15 is 0 Å². The number of aromatic nitrogens is 1. The van der Waals surface area contributed by atoms with Crippen LogP contribution in [-0.4, -0.2) is 30.5 Å². The lowest BCUT2D eigenvalue weighted by molar-refractivity contribution is -0.131. The number of sulfonamides is 1. The highest BCUT2D eigenvalue weighted by molar-refractivity contribution is 7.94. The maximum absolute atomic E-state index is 13.7. The van der Waals surface area contributed by atoms with E-state index in [0.717, 1.165) is 39.3 Å². The summed E-state index contributed by atoms with van der Waals surface area (Å²) in [5.41, 5.74) is 2.70. The Bertz CT molecular complexity index is 1520. The Labute approximate surface area is 214 Å². The van der Waals surface area contributed by atoms with Crippen LogP contribution < -0.4 is 9.04 Å². The van der Waals surface area contributed by atoms with Gasteiger partial charge in [0.25, 0.3) is 10.0 Å². The molecule has 0 saturated heterocycles. The number of aryl methyl sites for hydroxylation is 1. The lowest BCUT2D eigenvalue weighted by atomic mass is 10.1. The number of carboxylic acids is 1. The number of anilines is 1. The molecule has 0 aliphatic rings. The first-order chi connectivity index (χ1) is 17.1. The number of fused-ring (bicyclic) bond motifs is 1. The number of thiazole rings is 1. The number of hydrogen-bond donors (Lipinski definition) is 1. The Morgan fingerprint density at radius 3 is 2.36 bits per heavy atom. The fraction of sp³-hybridized carbons (Fsp3) is 0.185. The molecule has 0 fully saturated rings. The SMILES string of the molecule is Cc1csc(S(=O)(=O)N(c2cc3ccccc3cc2OCc2ccc(/C=C/C(=O)O)cc2)C(C)C)n1. The van der Waals surface area contributed by atoms with Crippen LogP contribution >= 0.6 is 11.3 Å². The number of ether oxygens (including phenoxy) is 1. The van der Waals surface area contributed by atoms with Gasteiger partial charge in [0.1, 0.15) is 12.4 Å². The number of rotatable bonds is 9. The summed E-state index contributed by atoms with van der Waals surface area (Å²) in [5.74, 6) is -0.571. The quantitative estimate of drug-likeness (QED) is 0.276. The van der Waals surface area contributed by atoms with Crippen LogP contribution in [0.3, 0.4) is 0 Å². The molecule has 36 heavy (non-hydrogen) atoms. The van der Waals surface area contributed by atoms with Gasteiger partial charge in [-0.2, -0.15) is 8.42 Å². The molecular weight excluding hydrogens is 496 g/mol. The molecule has 0 atom stereocenters. The summed E-state index contributed by atoms with van der Waals surface area (Å²) in [5, 5.41) is 12.3. The van der Waals surface area contributed by atoms with Crippen LogP contribution in [0.2, 0.25) is 0 Å². The van der Waals surface area contributed by atoms with E-state index < -0.39 is 16.0 Å². The van der Waals surface area contributed by atoms with Crippen molar-refractivity contribution in [3.63, 3.8) is 0 Å². The van der Waals surface area contributed by atoms with E-state index in [-0.39, 0.29) is 17.0 Å². The molecule has 0 saturated carbocycles. The Morgan fingerprint density at radius 1 is 1.11 bits per heavy atom. The van der Waals surface area contributed by atoms with Crippen molar-refractivity contribution in [1.82, 2.24) is 4.98 Å². The molecule has 1 heterocycles. The van der Waals surface area contributed by atoms with E-state index in [9.17, 15) is 13.2 Å². The van der Waals surface area contributed by atoms with Crippen molar-refractivity contribution in [2.24, 2.45) is 0 Å². The summed E-state index contributed by atoms with van der Waals surface area (Å²) >= 11 is 1.10. The molecule has 1 N–H and O–H groups in total. The van der Waals surface area contributed by atoms with Crippen LogP contribution in [0.4, 0.5) is 5.69 Å². The number of benzene rings is 3. The second-order valence-electron chi connectivity index (χ2n) is 8.52. The molecule has 0 amide bonds. The van der Waals surface area contributed by atoms with Crippen LogP contribution in [0.1, 0.15) is 30.7 Å². The molecule has 0 radical (unpaired) electrons. The van der Waals surface area contributed by atoms with Crippen molar-refractivity contribution < 1.29 is 23.1 Å². The first-order valence-corrected chi connectivity index (χ1v) is 13.6. The van der Waals surface area contributed by atoms with Crippen molar-refractivity contribution in [1.29, 1.82) is 0 Å². The summed E-state index contributed by atoms with van der Waals surface area (Å²) in [6.07, 6.45) is 2.60. The predicted octanol–water partition coefficient (Wildman–Crippen LogP) is 5.89. The van der Waals surface area contributed by atoms with Gasteiger partial charge in [0.2, 0.25) is 4.34 Å². The van der Waals surface area contributed by atoms with E-state index in [1.807, 2.05) is 62.4 Å². The number of hydrogen-bond acceptors (Lipinski definition) is 6. The van der Waals surface area contributed by atoms with E-state index in [2.05, 4.69) is 4.98 Å². The first kappa shape index (κ1) is 25.4. The maximum Gasteiger partial charge on any atom is 0.328 e. The Morgan fingerprint density at radius 2 is 1.78 bits per heavy atom.